The summed E-state index contributed by atoms with van der Waals surface area (Å²) in [5.74, 6) is -0.858. The lowest BCUT2D eigenvalue weighted by atomic mass is 9.91. The van der Waals surface area contributed by atoms with Crippen molar-refractivity contribution < 1.29 is 18.3 Å². The zero-order chi connectivity index (χ0) is 15.5. The van der Waals surface area contributed by atoms with Gasteiger partial charge in [0.15, 0.2) is 9.84 Å². The quantitative estimate of drug-likeness (QED) is 0.848. The number of sulfone groups is 1. The standard InChI is InChI=1S/C15H20O4S/c1-5-13(10(2)3)14(15(16)17)11-6-8-12(9-7-11)20(4,18)19/h6-10H,5H2,1-4H3,(H,16,17). The van der Waals surface area contributed by atoms with Crippen LogP contribution in [0.25, 0.3) is 5.57 Å². The van der Waals surface area contributed by atoms with Gasteiger partial charge in [-0.2, -0.15) is 0 Å². The van der Waals surface area contributed by atoms with Crippen molar-refractivity contribution in [3.05, 3.63) is 35.4 Å². The molecule has 0 saturated carbocycles. The maximum Gasteiger partial charge on any atom is 0.336 e. The smallest absolute Gasteiger partial charge is 0.336 e. The molecule has 0 bridgehead atoms. The van der Waals surface area contributed by atoms with Crippen molar-refractivity contribution in [3.8, 4) is 0 Å². The molecule has 1 aromatic rings. The maximum atomic E-state index is 11.5. The van der Waals surface area contributed by atoms with Gasteiger partial charge in [0, 0.05) is 6.26 Å². The molecule has 0 amide bonds. The van der Waals surface area contributed by atoms with Gasteiger partial charge in [-0.3, -0.25) is 0 Å². The summed E-state index contributed by atoms with van der Waals surface area (Å²) in [5.41, 5.74) is 1.66. The first kappa shape index (κ1) is 16.4. The van der Waals surface area contributed by atoms with Crippen LogP contribution < -0.4 is 0 Å². The lowest BCUT2D eigenvalue weighted by Crippen LogP contribution is -2.08. The molecule has 0 aromatic heterocycles. The first-order valence-corrected chi connectivity index (χ1v) is 8.34. The minimum atomic E-state index is -3.27. The van der Waals surface area contributed by atoms with E-state index in [0.29, 0.717) is 12.0 Å². The Hall–Kier alpha value is -1.62. The molecule has 0 aliphatic heterocycles. The van der Waals surface area contributed by atoms with Crippen molar-refractivity contribution in [2.24, 2.45) is 5.92 Å². The highest BCUT2D eigenvalue weighted by atomic mass is 32.2. The highest BCUT2D eigenvalue weighted by Gasteiger charge is 2.18. The Morgan fingerprint density at radius 3 is 2.00 bits per heavy atom. The van der Waals surface area contributed by atoms with Crippen LogP contribution in [0.5, 0.6) is 0 Å². The van der Waals surface area contributed by atoms with E-state index in [2.05, 4.69) is 0 Å². The number of carboxylic acids is 1. The third-order valence-corrected chi connectivity index (χ3v) is 4.31. The first-order valence-electron chi connectivity index (χ1n) is 6.45. The van der Waals surface area contributed by atoms with Gasteiger partial charge in [-0.25, -0.2) is 13.2 Å². The van der Waals surface area contributed by atoms with E-state index in [9.17, 15) is 18.3 Å². The summed E-state index contributed by atoms with van der Waals surface area (Å²) < 4.78 is 22.8. The van der Waals surface area contributed by atoms with Crippen molar-refractivity contribution in [2.45, 2.75) is 32.1 Å². The molecule has 0 unspecified atom stereocenters. The number of aliphatic carboxylic acids is 1. The predicted molar refractivity (Wildman–Crippen MR) is 79.2 cm³/mol. The Labute approximate surface area is 120 Å². The van der Waals surface area contributed by atoms with Crippen LogP contribution in [0.2, 0.25) is 0 Å². The number of benzene rings is 1. The lowest BCUT2D eigenvalue weighted by molar-refractivity contribution is -0.130. The molecule has 0 aliphatic carbocycles. The summed E-state index contributed by atoms with van der Waals surface area (Å²) in [4.78, 5) is 11.7. The number of allylic oxidation sites excluding steroid dienone is 1. The molecule has 110 valence electrons. The summed E-state index contributed by atoms with van der Waals surface area (Å²) in [6.45, 7) is 5.82. The average Bonchev–Trinajstić information content (AvgIpc) is 2.33. The van der Waals surface area contributed by atoms with Crippen LogP contribution in [0.15, 0.2) is 34.7 Å². The number of hydrogen-bond acceptors (Lipinski definition) is 3. The zero-order valence-corrected chi connectivity index (χ0v) is 13.0. The second kappa shape index (κ2) is 6.22. The van der Waals surface area contributed by atoms with Crippen LogP contribution in [0, 0.1) is 5.92 Å². The Kier molecular flexibility index (Phi) is 5.11. The van der Waals surface area contributed by atoms with Crippen molar-refractivity contribution in [1.82, 2.24) is 0 Å². The van der Waals surface area contributed by atoms with Gasteiger partial charge >= 0.3 is 5.97 Å². The van der Waals surface area contributed by atoms with Gasteiger partial charge in [0.2, 0.25) is 0 Å². The second-order valence-corrected chi connectivity index (χ2v) is 7.03. The Morgan fingerprint density at radius 2 is 1.70 bits per heavy atom. The maximum absolute atomic E-state index is 11.5. The Bertz CT molecular complexity index is 622. The Morgan fingerprint density at radius 1 is 1.20 bits per heavy atom. The van der Waals surface area contributed by atoms with Gasteiger partial charge in [0.25, 0.3) is 0 Å². The van der Waals surface area contributed by atoms with Gasteiger partial charge in [-0.15, -0.1) is 0 Å². The molecule has 20 heavy (non-hydrogen) atoms. The second-order valence-electron chi connectivity index (χ2n) is 5.01. The summed E-state index contributed by atoms with van der Waals surface area (Å²) in [6.07, 6.45) is 1.77. The van der Waals surface area contributed by atoms with Gasteiger partial charge in [-0.05, 0) is 30.0 Å². The lowest BCUT2D eigenvalue weighted by Gasteiger charge is -2.14. The number of rotatable bonds is 5. The number of hydrogen-bond donors (Lipinski definition) is 1. The van der Waals surface area contributed by atoms with Crippen molar-refractivity contribution >= 4 is 21.4 Å². The zero-order valence-electron chi connectivity index (χ0n) is 12.2. The van der Waals surface area contributed by atoms with Crippen LogP contribution in [0.3, 0.4) is 0 Å². The normalized spacial score (nSPS) is 13.2. The molecular weight excluding hydrogens is 276 g/mol. The van der Waals surface area contributed by atoms with E-state index >= 15 is 0 Å². The molecule has 0 aliphatic rings. The average molecular weight is 296 g/mol. The third-order valence-electron chi connectivity index (χ3n) is 3.18. The Balaban J connectivity index is 3.42. The van der Waals surface area contributed by atoms with Gasteiger partial charge < -0.3 is 5.11 Å². The van der Waals surface area contributed by atoms with Crippen LogP contribution >= 0.6 is 0 Å². The van der Waals surface area contributed by atoms with Crippen molar-refractivity contribution in [1.29, 1.82) is 0 Å². The fraction of sp³-hybridized carbons (Fsp3) is 0.400. The molecule has 1 aromatic carbocycles. The minimum absolute atomic E-state index is 0.126. The molecule has 0 radical (unpaired) electrons. The molecule has 0 fully saturated rings. The topological polar surface area (TPSA) is 71.4 Å². The molecule has 0 spiro atoms. The first-order chi connectivity index (χ1) is 9.18. The minimum Gasteiger partial charge on any atom is -0.478 e. The van der Waals surface area contributed by atoms with E-state index in [1.165, 1.54) is 12.1 Å². The summed E-state index contributed by atoms with van der Waals surface area (Å²) >= 11 is 0. The molecular formula is C15H20O4S. The predicted octanol–water partition coefficient (Wildman–Crippen LogP) is 2.99. The van der Waals surface area contributed by atoms with E-state index in [1.54, 1.807) is 12.1 Å². The molecule has 5 heteroatoms. The monoisotopic (exact) mass is 296 g/mol. The van der Waals surface area contributed by atoms with E-state index in [1.807, 2.05) is 20.8 Å². The largest absolute Gasteiger partial charge is 0.478 e. The highest BCUT2D eigenvalue weighted by Crippen LogP contribution is 2.27. The summed E-state index contributed by atoms with van der Waals surface area (Å²) in [7, 11) is -3.27. The number of carbonyl (C=O) groups is 1. The van der Waals surface area contributed by atoms with Crippen LogP contribution in [-0.4, -0.2) is 25.7 Å². The van der Waals surface area contributed by atoms with Crippen LogP contribution in [0.1, 0.15) is 32.8 Å². The summed E-state index contributed by atoms with van der Waals surface area (Å²) in [6, 6.07) is 6.00. The SMILES string of the molecule is CCC(=C(C(=O)O)c1ccc(S(C)(=O)=O)cc1)C(C)C. The molecule has 4 nitrogen and oxygen atoms in total. The summed E-state index contributed by atoms with van der Waals surface area (Å²) in [5, 5.41) is 9.43. The van der Waals surface area contributed by atoms with Crippen molar-refractivity contribution in [2.75, 3.05) is 6.26 Å². The van der Waals surface area contributed by atoms with Crippen molar-refractivity contribution in [3.63, 3.8) is 0 Å². The third kappa shape index (κ3) is 3.70. The van der Waals surface area contributed by atoms with Crippen LogP contribution in [0.4, 0.5) is 0 Å². The molecule has 1 N–H and O–H groups in total. The fourth-order valence-corrected chi connectivity index (χ4v) is 2.82. The highest BCUT2D eigenvalue weighted by molar-refractivity contribution is 7.90. The number of carboxylic acid groups (broad SMARTS) is 1. The molecule has 0 atom stereocenters. The molecule has 0 saturated heterocycles. The fourth-order valence-electron chi connectivity index (χ4n) is 2.19. The van der Waals surface area contributed by atoms with E-state index in [-0.39, 0.29) is 16.4 Å². The van der Waals surface area contributed by atoms with E-state index in [4.69, 9.17) is 0 Å². The van der Waals surface area contributed by atoms with E-state index < -0.39 is 15.8 Å². The van der Waals surface area contributed by atoms with E-state index in [0.717, 1.165) is 11.8 Å². The van der Waals surface area contributed by atoms with Gasteiger partial charge in [0.05, 0.1) is 10.5 Å². The van der Waals surface area contributed by atoms with Gasteiger partial charge in [0.1, 0.15) is 0 Å². The molecule has 1 rings (SSSR count). The van der Waals surface area contributed by atoms with Crippen LogP contribution in [-0.2, 0) is 14.6 Å². The van der Waals surface area contributed by atoms with Gasteiger partial charge in [-0.1, -0.05) is 38.5 Å². The molecule has 0 heterocycles.